The van der Waals surface area contributed by atoms with Crippen molar-refractivity contribution >= 4 is 11.5 Å². The first-order valence-corrected chi connectivity index (χ1v) is 6.41. The largest absolute Gasteiger partial charge is 0.493 e. The number of nitrogens with zero attached hydrogens (tertiary/aromatic N) is 4. The van der Waals surface area contributed by atoms with Crippen LogP contribution in [0, 0.1) is 0 Å². The molecule has 2 heterocycles. The van der Waals surface area contributed by atoms with Gasteiger partial charge in [-0.15, -0.1) is 10.2 Å². The summed E-state index contributed by atoms with van der Waals surface area (Å²) in [6, 6.07) is 5.77. The highest BCUT2D eigenvalue weighted by atomic mass is 16.5. The van der Waals surface area contributed by atoms with E-state index in [-0.39, 0.29) is 0 Å². The Morgan fingerprint density at radius 2 is 2.05 bits per heavy atom. The summed E-state index contributed by atoms with van der Waals surface area (Å²) in [7, 11) is 3.24. The first-order chi connectivity index (χ1) is 10.3. The van der Waals surface area contributed by atoms with Crippen LogP contribution in [0.2, 0.25) is 0 Å². The van der Waals surface area contributed by atoms with Crippen LogP contribution in [0.4, 0.5) is 5.82 Å². The highest BCUT2D eigenvalue weighted by molar-refractivity contribution is 5.61. The average Bonchev–Trinajstić information content (AvgIpc) is 3.01. The number of nitrogens with one attached hydrogen (secondary N) is 1. The summed E-state index contributed by atoms with van der Waals surface area (Å²) in [6.07, 6.45) is 5.14. The molecule has 0 bridgehead atoms. The van der Waals surface area contributed by atoms with Gasteiger partial charge in [0, 0.05) is 18.9 Å². The number of hydrogen-bond acceptors (Lipinski definition) is 6. The maximum Gasteiger partial charge on any atom is 0.203 e. The van der Waals surface area contributed by atoms with Crippen molar-refractivity contribution in [3.63, 3.8) is 0 Å². The van der Waals surface area contributed by atoms with Gasteiger partial charge in [-0.3, -0.25) is 4.40 Å². The summed E-state index contributed by atoms with van der Waals surface area (Å²) in [5, 5.41) is 11.1. The molecule has 0 fully saturated rings. The molecule has 108 valence electrons. The smallest absolute Gasteiger partial charge is 0.203 e. The van der Waals surface area contributed by atoms with Gasteiger partial charge in [0.15, 0.2) is 17.3 Å². The third kappa shape index (κ3) is 2.58. The average molecular weight is 285 g/mol. The molecule has 1 aromatic carbocycles. The van der Waals surface area contributed by atoms with Gasteiger partial charge in [0.05, 0.1) is 14.2 Å². The standard InChI is InChI=1S/C14H15N5O2/c1-20-11-4-3-10(7-12(11)21-2)8-16-13-14-18-17-9-19(14)6-5-15-13/h3-7,9H,8H2,1-2H3,(H,15,16). The molecule has 3 rings (SSSR count). The number of hydrogen-bond donors (Lipinski definition) is 1. The Bertz CT molecular complexity index is 756. The van der Waals surface area contributed by atoms with Crippen LogP contribution in [0.3, 0.4) is 0 Å². The molecular weight excluding hydrogens is 270 g/mol. The van der Waals surface area contributed by atoms with E-state index in [1.54, 1.807) is 32.9 Å². The van der Waals surface area contributed by atoms with E-state index in [4.69, 9.17) is 9.47 Å². The molecule has 0 spiro atoms. The van der Waals surface area contributed by atoms with Crippen molar-refractivity contribution in [2.75, 3.05) is 19.5 Å². The lowest BCUT2D eigenvalue weighted by Crippen LogP contribution is -2.04. The number of ether oxygens (including phenoxy) is 2. The van der Waals surface area contributed by atoms with Crippen LogP contribution in [0.25, 0.3) is 5.65 Å². The Hall–Kier alpha value is -2.83. The van der Waals surface area contributed by atoms with E-state index < -0.39 is 0 Å². The van der Waals surface area contributed by atoms with Crippen LogP contribution < -0.4 is 14.8 Å². The maximum absolute atomic E-state index is 5.29. The molecular formula is C14H15N5O2. The first-order valence-electron chi connectivity index (χ1n) is 6.41. The Morgan fingerprint density at radius 1 is 1.19 bits per heavy atom. The van der Waals surface area contributed by atoms with Crippen LogP contribution in [-0.2, 0) is 6.54 Å². The van der Waals surface area contributed by atoms with Crippen molar-refractivity contribution in [1.82, 2.24) is 19.6 Å². The Labute approximate surface area is 121 Å². The minimum Gasteiger partial charge on any atom is -0.493 e. The van der Waals surface area contributed by atoms with Crippen molar-refractivity contribution in [3.8, 4) is 11.5 Å². The Morgan fingerprint density at radius 3 is 2.86 bits per heavy atom. The van der Waals surface area contributed by atoms with Gasteiger partial charge in [0.1, 0.15) is 6.33 Å². The molecule has 1 N–H and O–H groups in total. The number of benzene rings is 1. The van der Waals surface area contributed by atoms with E-state index in [9.17, 15) is 0 Å². The zero-order valence-corrected chi connectivity index (χ0v) is 11.8. The molecule has 0 amide bonds. The monoisotopic (exact) mass is 285 g/mol. The Kier molecular flexibility index (Phi) is 3.55. The van der Waals surface area contributed by atoms with Gasteiger partial charge >= 0.3 is 0 Å². The predicted molar refractivity (Wildman–Crippen MR) is 77.7 cm³/mol. The second-order valence-corrected chi connectivity index (χ2v) is 4.38. The molecule has 0 saturated heterocycles. The molecule has 0 aliphatic heterocycles. The van der Waals surface area contributed by atoms with Crippen LogP contribution >= 0.6 is 0 Å². The fourth-order valence-corrected chi connectivity index (χ4v) is 2.06. The van der Waals surface area contributed by atoms with E-state index in [1.165, 1.54) is 0 Å². The highest BCUT2D eigenvalue weighted by Gasteiger charge is 2.07. The van der Waals surface area contributed by atoms with Crippen LogP contribution in [-0.4, -0.2) is 33.8 Å². The summed E-state index contributed by atoms with van der Waals surface area (Å²) < 4.78 is 12.3. The van der Waals surface area contributed by atoms with Crippen molar-refractivity contribution in [2.24, 2.45) is 0 Å². The minimum atomic E-state index is 0.597. The second kappa shape index (κ2) is 5.66. The van der Waals surface area contributed by atoms with Crippen molar-refractivity contribution in [3.05, 3.63) is 42.5 Å². The number of aromatic nitrogens is 4. The second-order valence-electron chi connectivity index (χ2n) is 4.38. The summed E-state index contributed by atoms with van der Waals surface area (Å²) >= 11 is 0. The Balaban J connectivity index is 1.80. The predicted octanol–water partition coefficient (Wildman–Crippen LogP) is 1.75. The normalized spacial score (nSPS) is 10.6. The van der Waals surface area contributed by atoms with E-state index in [0.717, 1.165) is 5.56 Å². The number of anilines is 1. The summed E-state index contributed by atoms with van der Waals surface area (Å²) in [4.78, 5) is 4.28. The lowest BCUT2D eigenvalue weighted by Gasteiger charge is -2.10. The topological polar surface area (TPSA) is 73.6 Å². The van der Waals surface area contributed by atoms with Crippen LogP contribution in [0.5, 0.6) is 11.5 Å². The van der Waals surface area contributed by atoms with Gasteiger partial charge in [-0.05, 0) is 17.7 Å². The number of methoxy groups -OCH3 is 2. The molecule has 7 nitrogen and oxygen atoms in total. The molecule has 2 aromatic heterocycles. The summed E-state index contributed by atoms with van der Waals surface area (Å²) in [5.74, 6) is 2.09. The molecule has 21 heavy (non-hydrogen) atoms. The van der Waals surface area contributed by atoms with Crippen molar-refractivity contribution in [1.29, 1.82) is 0 Å². The third-order valence-corrected chi connectivity index (χ3v) is 3.12. The fraction of sp³-hybridized carbons (Fsp3) is 0.214. The number of fused-ring (bicyclic) bond motifs is 1. The van der Waals surface area contributed by atoms with Gasteiger partial charge in [-0.25, -0.2) is 4.98 Å². The third-order valence-electron chi connectivity index (χ3n) is 3.12. The molecule has 7 heteroatoms. The van der Waals surface area contributed by atoms with Gasteiger partial charge < -0.3 is 14.8 Å². The van der Waals surface area contributed by atoms with Crippen molar-refractivity contribution in [2.45, 2.75) is 6.54 Å². The zero-order valence-electron chi connectivity index (χ0n) is 11.8. The fourth-order valence-electron chi connectivity index (χ4n) is 2.06. The van der Waals surface area contributed by atoms with E-state index in [1.807, 2.05) is 22.6 Å². The van der Waals surface area contributed by atoms with E-state index >= 15 is 0 Å². The van der Waals surface area contributed by atoms with Gasteiger partial charge in [0.2, 0.25) is 5.65 Å². The van der Waals surface area contributed by atoms with Gasteiger partial charge in [-0.2, -0.15) is 0 Å². The zero-order chi connectivity index (χ0) is 14.7. The lowest BCUT2D eigenvalue weighted by atomic mass is 10.2. The molecule has 0 atom stereocenters. The van der Waals surface area contributed by atoms with Crippen LogP contribution in [0.15, 0.2) is 36.9 Å². The first kappa shape index (κ1) is 13.2. The maximum atomic E-state index is 5.29. The lowest BCUT2D eigenvalue weighted by molar-refractivity contribution is 0.354. The summed E-state index contributed by atoms with van der Waals surface area (Å²) in [6.45, 7) is 0.597. The molecule has 0 radical (unpaired) electrons. The van der Waals surface area contributed by atoms with Crippen molar-refractivity contribution < 1.29 is 9.47 Å². The SMILES string of the molecule is COc1ccc(CNc2nccn3cnnc23)cc1OC. The molecule has 0 unspecified atom stereocenters. The van der Waals surface area contributed by atoms with E-state index in [0.29, 0.717) is 29.5 Å². The highest BCUT2D eigenvalue weighted by Crippen LogP contribution is 2.27. The molecule has 3 aromatic rings. The summed E-state index contributed by atoms with van der Waals surface area (Å²) in [5.41, 5.74) is 1.74. The van der Waals surface area contributed by atoms with E-state index in [2.05, 4.69) is 20.5 Å². The number of rotatable bonds is 5. The molecule has 0 aliphatic rings. The van der Waals surface area contributed by atoms with Gasteiger partial charge in [0.25, 0.3) is 0 Å². The van der Waals surface area contributed by atoms with Gasteiger partial charge in [-0.1, -0.05) is 6.07 Å². The molecule has 0 aliphatic carbocycles. The van der Waals surface area contributed by atoms with Crippen LogP contribution in [0.1, 0.15) is 5.56 Å². The minimum absolute atomic E-state index is 0.597. The quantitative estimate of drug-likeness (QED) is 0.770. The molecule has 0 saturated carbocycles.